The molecule has 0 unspecified atom stereocenters. The average molecular weight is 358 g/mol. The fourth-order valence-corrected chi connectivity index (χ4v) is 3.32. The fourth-order valence-electron chi connectivity index (χ4n) is 3.20. The van der Waals surface area contributed by atoms with Gasteiger partial charge in [-0.1, -0.05) is 23.8 Å². The number of allylic oxidation sites excluding steroid dienone is 2. The number of carbonyl (C=O) groups excluding carboxylic acids is 1. The van der Waals surface area contributed by atoms with Crippen LogP contribution >= 0.6 is 11.6 Å². The van der Waals surface area contributed by atoms with Crippen molar-refractivity contribution in [3.63, 3.8) is 0 Å². The highest BCUT2D eigenvalue weighted by Crippen LogP contribution is 2.32. The van der Waals surface area contributed by atoms with E-state index in [1.165, 1.54) is 0 Å². The fraction of sp³-hybridized carbons (Fsp3) is 0.421. The third-order valence-electron chi connectivity index (χ3n) is 4.75. The predicted molar refractivity (Wildman–Crippen MR) is 94.8 cm³/mol. The quantitative estimate of drug-likeness (QED) is 0.751. The molecule has 2 aromatic rings. The molecule has 0 spiro atoms. The monoisotopic (exact) mass is 357 g/mol. The van der Waals surface area contributed by atoms with Gasteiger partial charge in [0.1, 0.15) is 0 Å². The van der Waals surface area contributed by atoms with Gasteiger partial charge in [0.05, 0.1) is 6.54 Å². The van der Waals surface area contributed by atoms with Gasteiger partial charge >= 0.3 is 0 Å². The van der Waals surface area contributed by atoms with Gasteiger partial charge in [-0.25, -0.2) is 0 Å². The highest BCUT2D eigenvalue weighted by atomic mass is 35.5. The standard InChI is InChI=1S/C19H20ClN3O2/c20-15-8-6-13(7-9-15)18-22-21-17(25-18)12-23(16-10-11-16)19(24)14-4-2-1-3-5-14/h1-2,6-9,14,16H,3-5,10-12H2/t14-/m0/s1. The molecule has 0 aliphatic heterocycles. The van der Waals surface area contributed by atoms with Crippen LogP contribution in [-0.2, 0) is 11.3 Å². The van der Waals surface area contributed by atoms with Crippen LogP contribution in [0.25, 0.3) is 11.5 Å². The highest BCUT2D eigenvalue weighted by Gasteiger charge is 2.36. The molecule has 1 fully saturated rings. The van der Waals surface area contributed by atoms with Crippen LogP contribution in [0, 0.1) is 5.92 Å². The van der Waals surface area contributed by atoms with E-state index in [9.17, 15) is 4.79 Å². The van der Waals surface area contributed by atoms with Crippen LogP contribution in [0.4, 0.5) is 0 Å². The van der Waals surface area contributed by atoms with Crippen molar-refractivity contribution in [2.45, 2.75) is 44.7 Å². The van der Waals surface area contributed by atoms with Crippen molar-refractivity contribution >= 4 is 17.5 Å². The van der Waals surface area contributed by atoms with Gasteiger partial charge < -0.3 is 9.32 Å². The molecule has 0 N–H and O–H groups in total. The molecule has 1 saturated carbocycles. The minimum absolute atomic E-state index is 0.0873. The van der Waals surface area contributed by atoms with Crippen LogP contribution in [0.1, 0.15) is 38.0 Å². The summed E-state index contributed by atoms with van der Waals surface area (Å²) in [6.07, 6.45) is 9.14. The van der Waals surface area contributed by atoms with Crippen molar-refractivity contribution in [1.82, 2.24) is 15.1 Å². The number of carbonyl (C=O) groups is 1. The Kier molecular flexibility index (Phi) is 4.57. The summed E-state index contributed by atoms with van der Waals surface area (Å²) in [5.74, 6) is 1.24. The zero-order chi connectivity index (χ0) is 17.2. The smallest absolute Gasteiger partial charge is 0.247 e. The first kappa shape index (κ1) is 16.3. The van der Waals surface area contributed by atoms with Gasteiger partial charge in [-0.15, -0.1) is 10.2 Å². The number of hydrogen-bond donors (Lipinski definition) is 0. The van der Waals surface area contributed by atoms with Gasteiger partial charge in [0.25, 0.3) is 0 Å². The van der Waals surface area contributed by atoms with E-state index in [0.717, 1.165) is 37.7 Å². The molecule has 1 heterocycles. The number of benzene rings is 1. The number of halogens is 1. The van der Waals surface area contributed by atoms with E-state index in [-0.39, 0.29) is 11.8 Å². The molecule has 2 aliphatic rings. The third-order valence-corrected chi connectivity index (χ3v) is 5.00. The van der Waals surface area contributed by atoms with Crippen LogP contribution in [0.2, 0.25) is 5.02 Å². The van der Waals surface area contributed by atoms with Crippen LogP contribution in [0.15, 0.2) is 40.8 Å². The Morgan fingerprint density at radius 3 is 2.64 bits per heavy atom. The molecule has 1 aromatic heterocycles. The van der Waals surface area contributed by atoms with E-state index < -0.39 is 0 Å². The maximum Gasteiger partial charge on any atom is 0.247 e. The predicted octanol–water partition coefficient (Wildman–Crippen LogP) is 4.24. The van der Waals surface area contributed by atoms with Crippen LogP contribution in [0.5, 0.6) is 0 Å². The Hall–Kier alpha value is -2.14. The largest absolute Gasteiger partial charge is 0.419 e. The normalized spacial score (nSPS) is 19.8. The Balaban J connectivity index is 1.48. The van der Waals surface area contributed by atoms with Crippen molar-refractivity contribution in [2.24, 2.45) is 5.92 Å². The summed E-state index contributed by atoms with van der Waals surface area (Å²) < 4.78 is 5.78. The second-order valence-electron chi connectivity index (χ2n) is 6.69. The maximum atomic E-state index is 12.9. The molecule has 2 aliphatic carbocycles. The van der Waals surface area contributed by atoms with Crippen LogP contribution < -0.4 is 0 Å². The third kappa shape index (κ3) is 3.76. The Morgan fingerprint density at radius 2 is 1.96 bits per heavy atom. The molecule has 130 valence electrons. The summed E-state index contributed by atoms with van der Waals surface area (Å²) in [6, 6.07) is 7.59. The molecular weight excluding hydrogens is 338 g/mol. The van der Waals surface area contributed by atoms with Crippen molar-refractivity contribution < 1.29 is 9.21 Å². The zero-order valence-electron chi connectivity index (χ0n) is 13.9. The van der Waals surface area contributed by atoms with Crippen molar-refractivity contribution in [2.75, 3.05) is 0 Å². The van der Waals surface area contributed by atoms with E-state index in [1.54, 1.807) is 12.1 Å². The van der Waals surface area contributed by atoms with E-state index in [1.807, 2.05) is 17.0 Å². The second kappa shape index (κ2) is 7.00. The summed E-state index contributed by atoms with van der Waals surface area (Å²) in [4.78, 5) is 14.8. The van der Waals surface area contributed by atoms with Crippen molar-refractivity contribution in [3.8, 4) is 11.5 Å². The van der Waals surface area contributed by atoms with Crippen molar-refractivity contribution in [3.05, 3.63) is 47.3 Å². The van der Waals surface area contributed by atoms with E-state index in [0.29, 0.717) is 29.4 Å². The molecular formula is C19H20ClN3O2. The molecule has 0 bridgehead atoms. The summed E-state index contributed by atoms with van der Waals surface area (Å²) in [6.45, 7) is 0.393. The second-order valence-corrected chi connectivity index (χ2v) is 7.12. The lowest BCUT2D eigenvalue weighted by Gasteiger charge is -2.26. The average Bonchev–Trinajstić information content (AvgIpc) is 3.39. The Morgan fingerprint density at radius 1 is 1.16 bits per heavy atom. The molecule has 0 saturated heterocycles. The van der Waals surface area contributed by atoms with Crippen LogP contribution in [-0.4, -0.2) is 27.0 Å². The van der Waals surface area contributed by atoms with Gasteiger partial charge in [0.2, 0.25) is 17.7 Å². The number of hydrogen-bond acceptors (Lipinski definition) is 4. The molecule has 6 heteroatoms. The van der Waals surface area contributed by atoms with Gasteiger partial charge in [-0.2, -0.15) is 0 Å². The molecule has 25 heavy (non-hydrogen) atoms. The minimum atomic E-state index is 0.0873. The molecule has 5 nitrogen and oxygen atoms in total. The SMILES string of the molecule is O=C([C@H]1CC=CCC1)N(Cc1nnc(-c2ccc(Cl)cc2)o1)C1CC1. The van der Waals surface area contributed by atoms with Crippen molar-refractivity contribution in [1.29, 1.82) is 0 Å². The lowest BCUT2D eigenvalue weighted by atomic mass is 9.93. The van der Waals surface area contributed by atoms with Gasteiger partial charge in [0, 0.05) is 22.5 Å². The molecule has 1 atom stereocenters. The molecule has 1 aromatic carbocycles. The lowest BCUT2D eigenvalue weighted by molar-refractivity contribution is -0.137. The minimum Gasteiger partial charge on any atom is -0.419 e. The number of aromatic nitrogens is 2. The summed E-state index contributed by atoms with van der Waals surface area (Å²) in [5, 5.41) is 8.91. The van der Waals surface area contributed by atoms with E-state index in [2.05, 4.69) is 22.3 Å². The first-order valence-corrected chi connectivity index (χ1v) is 9.12. The highest BCUT2D eigenvalue weighted by molar-refractivity contribution is 6.30. The number of rotatable bonds is 5. The maximum absolute atomic E-state index is 12.9. The summed E-state index contributed by atoms with van der Waals surface area (Å²) >= 11 is 5.91. The number of amides is 1. The van der Waals surface area contributed by atoms with Gasteiger partial charge in [-0.3, -0.25) is 4.79 Å². The Bertz CT molecular complexity index is 780. The summed E-state index contributed by atoms with van der Waals surface area (Å²) in [5.41, 5.74) is 0.824. The lowest BCUT2D eigenvalue weighted by Crippen LogP contribution is -2.37. The Labute approximate surface area is 151 Å². The molecule has 4 rings (SSSR count). The van der Waals surface area contributed by atoms with Crippen LogP contribution in [0.3, 0.4) is 0 Å². The molecule has 1 amide bonds. The number of nitrogens with zero attached hydrogens (tertiary/aromatic N) is 3. The topological polar surface area (TPSA) is 59.2 Å². The van der Waals surface area contributed by atoms with Gasteiger partial charge in [0.15, 0.2) is 0 Å². The summed E-state index contributed by atoms with van der Waals surface area (Å²) in [7, 11) is 0. The zero-order valence-corrected chi connectivity index (χ0v) is 14.7. The molecule has 0 radical (unpaired) electrons. The first-order chi connectivity index (χ1) is 12.2. The first-order valence-electron chi connectivity index (χ1n) is 8.74. The van der Waals surface area contributed by atoms with E-state index >= 15 is 0 Å². The van der Waals surface area contributed by atoms with E-state index in [4.69, 9.17) is 16.0 Å². The van der Waals surface area contributed by atoms with Gasteiger partial charge in [-0.05, 0) is 56.4 Å².